The van der Waals surface area contributed by atoms with Gasteiger partial charge in [0.15, 0.2) is 0 Å². The molecule has 0 amide bonds. The molecule has 1 fully saturated rings. The van der Waals surface area contributed by atoms with Crippen LogP contribution in [0.2, 0.25) is 0 Å². The first-order chi connectivity index (χ1) is 8.17. The average molecular weight is 232 g/mol. The standard InChI is InChI=1S/C12H16N4O/c1-8-6-10(7-13)16-12(14-8)15-9-2-4-11(17)5-3-9/h6,9,11,17H,2-5H2,1H3,(H,14,15,16). The molecule has 0 bridgehead atoms. The Labute approximate surface area is 101 Å². The quantitative estimate of drug-likeness (QED) is 0.804. The molecule has 2 rings (SSSR count). The lowest BCUT2D eigenvalue weighted by molar-refractivity contribution is 0.126. The molecule has 17 heavy (non-hydrogen) atoms. The van der Waals surface area contributed by atoms with Crippen LogP contribution in [0.25, 0.3) is 0 Å². The van der Waals surface area contributed by atoms with E-state index in [1.165, 1.54) is 0 Å². The van der Waals surface area contributed by atoms with Gasteiger partial charge in [0, 0.05) is 11.7 Å². The highest BCUT2D eigenvalue weighted by Gasteiger charge is 2.19. The van der Waals surface area contributed by atoms with Gasteiger partial charge < -0.3 is 10.4 Å². The SMILES string of the molecule is Cc1cc(C#N)nc(NC2CCC(O)CC2)n1. The van der Waals surface area contributed by atoms with Gasteiger partial charge in [-0.1, -0.05) is 0 Å². The third-order valence-electron chi connectivity index (χ3n) is 3.00. The number of anilines is 1. The highest BCUT2D eigenvalue weighted by Crippen LogP contribution is 2.20. The maximum absolute atomic E-state index is 9.42. The van der Waals surface area contributed by atoms with Crippen LogP contribution in [0.3, 0.4) is 0 Å². The van der Waals surface area contributed by atoms with E-state index in [9.17, 15) is 5.11 Å². The molecule has 2 N–H and O–H groups in total. The van der Waals surface area contributed by atoms with Crippen LogP contribution < -0.4 is 5.32 Å². The van der Waals surface area contributed by atoms with Gasteiger partial charge in [-0.15, -0.1) is 0 Å². The Bertz CT molecular complexity index is 433. The van der Waals surface area contributed by atoms with Gasteiger partial charge in [0.1, 0.15) is 11.8 Å². The van der Waals surface area contributed by atoms with Crippen molar-refractivity contribution in [3.05, 3.63) is 17.5 Å². The molecule has 5 heteroatoms. The fourth-order valence-electron chi connectivity index (χ4n) is 2.09. The van der Waals surface area contributed by atoms with Crippen molar-refractivity contribution in [2.75, 3.05) is 5.32 Å². The Kier molecular flexibility index (Phi) is 3.55. The van der Waals surface area contributed by atoms with E-state index >= 15 is 0 Å². The number of aliphatic hydroxyl groups excluding tert-OH is 1. The number of nitrogens with zero attached hydrogens (tertiary/aromatic N) is 3. The van der Waals surface area contributed by atoms with E-state index in [1.807, 2.05) is 13.0 Å². The molecule has 1 aliphatic rings. The van der Waals surface area contributed by atoms with E-state index in [1.54, 1.807) is 6.07 Å². The maximum Gasteiger partial charge on any atom is 0.224 e. The molecule has 0 unspecified atom stereocenters. The third kappa shape index (κ3) is 3.14. The maximum atomic E-state index is 9.42. The van der Waals surface area contributed by atoms with Crippen molar-refractivity contribution in [3.8, 4) is 6.07 Å². The molecular formula is C12H16N4O. The average Bonchev–Trinajstić information content (AvgIpc) is 2.31. The Morgan fingerprint density at radius 1 is 1.35 bits per heavy atom. The van der Waals surface area contributed by atoms with Crippen LogP contribution in [0.5, 0.6) is 0 Å². The second-order valence-corrected chi connectivity index (χ2v) is 4.48. The van der Waals surface area contributed by atoms with E-state index in [0.29, 0.717) is 17.7 Å². The summed E-state index contributed by atoms with van der Waals surface area (Å²) in [6.07, 6.45) is 3.30. The second-order valence-electron chi connectivity index (χ2n) is 4.48. The molecule has 5 nitrogen and oxygen atoms in total. The van der Waals surface area contributed by atoms with Crippen molar-refractivity contribution in [2.24, 2.45) is 0 Å². The lowest BCUT2D eigenvalue weighted by Gasteiger charge is -2.26. The summed E-state index contributed by atoms with van der Waals surface area (Å²) in [7, 11) is 0. The number of aryl methyl sites for hydroxylation is 1. The summed E-state index contributed by atoms with van der Waals surface area (Å²) in [5, 5.41) is 21.5. The van der Waals surface area contributed by atoms with Crippen molar-refractivity contribution in [2.45, 2.75) is 44.8 Å². The van der Waals surface area contributed by atoms with Crippen LogP contribution in [0.15, 0.2) is 6.07 Å². The van der Waals surface area contributed by atoms with Crippen molar-refractivity contribution in [1.29, 1.82) is 5.26 Å². The fourth-order valence-corrected chi connectivity index (χ4v) is 2.09. The molecule has 0 aromatic carbocycles. The monoisotopic (exact) mass is 232 g/mol. The lowest BCUT2D eigenvalue weighted by atomic mass is 9.93. The topological polar surface area (TPSA) is 81.8 Å². The first-order valence-corrected chi connectivity index (χ1v) is 5.88. The van der Waals surface area contributed by atoms with E-state index in [4.69, 9.17) is 5.26 Å². The van der Waals surface area contributed by atoms with Gasteiger partial charge in [0.05, 0.1) is 6.10 Å². The van der Waals surface area contributed by atoms with Gasteiger partial charge in [0.25, 0.3) is 0 Å². The first-order valence-electron chi connectivity index (χ1n) is 5.88. The number of aliphatic hydroxyl groups is 1. The smallest absolute Gasteiger partial charge is 0.224 e. The van der Waals surface area contributed by atoms with Gasteiger partial charge in [0.2, 0.25) is 5.95 Å². The largest absolute Gasteiger partial charge is 0.393 e. The zero-order chi connectivity index (χ0) is 12.3. The van der Waals surface area contributed by atoms with E-state index in [0.717, 1.165) is 31.4 Å². The van der Waals surface area contributed by atoms with Gasteiger partial charge in [-0.2, -0.15) is 5.26 Å². The summed E-state index contributed by atoms with van der Waals surface area (Å²) in [5.74, 6) is 0.517. The van der Waals surface area contributed by atoms with Crippen LogP contribution in [0.1, 0.15) is 37.1 Å². The molecule has 1 aliphatic carbocycles. The first kappa shape index (κ1) is 11.8. The highest BCUT2D eigenvalue weighted by molar-refractivity contribution is 5.33. The molecule has 0 aliphatic heterocycles. The molecule has 0 radical (unpaired) electrons. The van der Waals surface area contributed by atoms with Crippen molar-refractivity contribution >= 4 is 5.95 Å². The normalized spacial score (nSPS) is 24.1. The molecule has 1 aromatic rings. The number of nitriles is 1. The predicted octanol–water partition coefficient (Wildman–Crippen LogP) is 1.37. The van der Waals surface area contributed by atoms with E-state index in [2.05, 4.69) is 15.3 Å². The number of nitrogens with one attached hydrogen (secondary N) is 1. The molecule has 1 heterocycles. The highest BCUT2D eigenvalue weighted by atomic mass is 16.3. The Morgan fingerprint density at radius 3 is 2.71 bits per heavy atom. The molecule has 0 saturated heterocycles. The fraction of sp³-hybridized carbons (Fsp3) is 0.583. The lowest BCUT2D eigenvalue weighted by Crippen LogP contribution is -2.29. The molecular weight excluding hydrogens is 216 g/mol. The Balaban J connectivity index is 2.03. The summed E-state index contributed by atoms with van der Waals surface area (Å²) >= 11 is 0. The molecule has 1 saturated carbocycles. The van der Waals surface area contributed by atoms with Crippen LogP contribution >= 0.6 is 0 Å². The molecule has 0 spiro atoms. The molecule has 90 valence electrons. The number of aromatic nitrogens is 2. The Hall–Kier alpha value is -1.67. The number of hydrogen-bond donors (Lipinski definition) is 2. The van der Waals surface area contributed by atoms with Crippen LogP contribution in [0.4, 0.5) is 5.95 Å². The Morgan fingerprint density at radius 2 is 2.06 bits per heavy atom. The van der Waals surface area contributed by atoms with Gasteiger partial charge in [-0.3, -0.25) is 0 Å². The minimum absolute atomic E-state index is 0.166. The zero-order valence-corrected chi connectivity index (χ0v) is 9.85. The summed E-state index contributed by atoms with van der Waals surface area (Å²) in [6.45, 7) is 1.85. The van der Waals surface area contributed by atoms with Crippen LogP contribution in [-0.4, -0.2) is 27.2 Å². The van der Waals surface area contributed by atoms with Crippen LogP contribution in [0, 0.1) is 18.3 Å². The second kappa shape index (κ2) is 5.11. The van der Waals surface area contributed by atoms with Crippen LogP contribution in [-0.2, 0) is 0 Å². The minimum Gasteiger partial charge on any atom is -0.393 e. The van der Waals surface area contributed by atoms with Gasteiger partial charge >= 0.3 is 0 Å². The molecule has 0 atom stereocenters. The summed E-state index contributed by atoms with van der Waals surface area (Å²) in [4.78, 5) is 8.38. The molecule has 1 aromatic heterocycles. The number of hydrogen-bond acceptors (Lipinski definition) is 5. The van der Waals surface area contributed by atoms with Crippen molar-refractivity contribution in [1.82, 2.24) is 9.97 Å². The summed E-state index contributed by atoms with van der Waals surface area (Å²) < 4.78 is 0. The number of rotatable bonds is 2. The zero-order valence-electron chi connectivity index (χ0n) is 9.85. The van der Waals surface area contributed by atoms with E-state index in [-0.39, 0.29) is 6.10 Å². The summed E-state index contributed by atoms with van der Waals surface area (Å²) in [5.41, 5.74) is 1.17. The predicted molar refractivity (Wildman–Crippen MR) is 63.4 cm³/mol. The van der Waals surface area contributed by atoms with Crippen molar-refractivity contribution in [3.63, 3.8) is 0 Å². The van der Waals surface area contributed by atoms with E-state index < -0.39 is 0 Å². The minimum atomic E-state index is -0.166. The van der Waals surface area contributed by atoms with Crippen molar-refractivity contribution < 1.29 is 5.11 Å². The third-order valence-corrected chi connectivity index (χ3v) is 3.00. The van der Waals surface area contributed by atoms with Gasteiger partial charge in [-0.25, -0.2) is 9.97 Å². The summed E-state index contributed by atoms with van der Waals surface area (Å²) in [6, 6.07) is 3.98. The van der Waals surface area contributed by atoms with Gasteiger partial charge in [-0.05, 0) is 38.7 Å².